The maximum Gasteiger partial charge on any atom is 0.269 e. The van der Waals surface area contributed by atoms with Crippen LogP contribution in [0.1, 0.15) is 18.4 Å². The molecule has 108 valence electrons. The molecule has 0 fully saturated rings. The topological polar surface area (TPSA) is 85.1 Å². The van der Waals surface area contributed by atoms with E-state index in [2.05, 4.69) is 10.3 Å². The van der Waals surface area contributed by atoms with Gasteiger partial charge in [-0.25, -0.2) is 0 Å². The van der Waals surface area contributed by atoms with Crippen LogP contribution >= 0.6 is 11.6 Å². The SMILES string of the molecule is CC(C(=O)Nc1cnccc1Cl)c1cccc([N+](=O)[O-])c1. The van der Waals surface area contributed by atoms with Gasteiger partial charge in [0, 0.05) is 18.3 Å². The van der Waals surface area contributed by atoms with E-state index in [-0.39, 0.29) is 11.6 Å². The summed E-state index contributed by atoms with van der Waals surface area (Å²) in [5, 5.41) is 13.8. The number of amides is 1. The lowest BCUT2D eigenvalue weighted by atomic mass is 10.00. The van der Waals surface area contributed by atoms with Crippen LogP contribution in [0.3, 0.4) is 0 Å². The minimum Gasteiger partial charge on any atom is -0.323 e. The van der Waals surface area contributed by atoms with Gasteiger partial charge in [0.1, 0.15) is 0 Å². The van der Waals surface area contributed by atoms with Crippen molar-refractivity contribution in [1.29, 1.82) is 0 Å². The second-order valence-corrected chi connectivity index (χ2v) is 4.83. The Labute approximate surface area is 125 Å². The fourth-order valence-electron chi connectivity index (χ4n) is 1.77. The molecule has 21 heavy (non-hydrogen) atoms. The molecule has 1 amide bonds. The molecule has 0 spiro atoms. The quantitative estimate of drug-likeness (QED) is 0.693. The molecule has 1 aromatic heterocycles. The molecule has 0 aliphatic carbocycles. The summed E-state index contributed by atoms with van der Waals surface area (Å²) in [4.78, 5) is 26.3. The van der Waals surface area contributed by atoms with Crippen molar-refractivity contribution in [3.8, 4) is 0 Å². The van der Waals surface area contributed by atoms with Crippen molar-refractivity contribution in [2.45, 2.75) is 12.8 Å². The van der Waals surface area contributed by atoms with Gasteiger partial charge in [-0.05, 0) is 18.6 Å². The lowest BCUT2D eigenvalue weighted by molar-refractivity contribution is -0.384. The second-order valence-electron chi connectivity index (χ2n) is 4.42. The zero-order valence-corrected chi connectivity index (χ0v) is 11.9. The van der Waals surface area contributed by atoms with Crippen LogP contribution < -0.4 is 5.32 Å². The van der Waals surface area contributed by atoms with E-state index in [0.717, 1.165) is 0 Å². The molecule has 1 heterocycles. The van der Waals surface area contributed by atoms with Gasteiger partial charge in [-0.2, -0.15) is 0 Å². The zero-order valence-electron chi connectivity index (χ0n) is 11.1. The van der Waals surface area contributed by atoms with E-state index in [1.165, 1.54) is 24.5 Å². The van der Waals surface area contributed by atoms with Gasteiger partial charge in [0.2, 0.25) is 5.91 Å². The van der Waals surface area contributed by atoms with Gasteiger partial charge in [0.25, 0.3) is 5.69 Å². The summed E-state index contributed by atoms with van der Waals surface area (Å²) in [5.41, 5.74) is 0.912. The Morgan fingerprint density at radius 3 is 2.86 bits per heavy atom. The van der Waals surface area contributed by atoms with E-state index in [9.17, 15) is 14.9 Å². The maximum atomic E-state index is 12.2. The summed E-state index contributed by atoms with van der Waals surface area (Å²) in [5.74, 6) is -0.869. The van der Waals surface area contributed by atoms with Crippen molar-refractivity contribution < 1.29 is 9.72 Å². The first-order valence-electron chi connectivity index (χ1n) is 6.14. The van der Waals surface area contributed by atoms with Gasteiger partial charge in [-0.1, -0.05) is 23.7 Å². The number of rotatable bonds is 4. The van der Waals surface area contributed by atoms with E-state index < -0.39 is 10.8 Å². The van der Waals surface area contributed by atoms with Gasteiger partial charge in [-0.15, -0.1) is 0 Å². The van der Waals surface area contributed by atoms with Crippen LogP contribution in [0.5, 0.6) is 0 Å². The summed E-state index contributed by atoms with van der Waals surface area (Å²) in [6, 6.07) is 7.55. The highest BCUT2D eigenvalue weighted by Gasteiger charge is 2.18. The number of carbonyl (C=O) groups is 1. The lowest BCUT2D eigenvalue weighted by Gasteiger charge is -2.13. The molecule has 6 nitrogen and oxygen atoms in total. The average Bonchev–Trinajstić information content (AvgIpc) is 2.49. The van der Waals surface area contributed by atoms with Crippen LogP contribution in [0, 0.1) is 10.1 Å². The normalized spacial score (nSPS) is 11.7. The Morgan fingerprint density at radius 2 is 2.19 bits per heavy atom. The predicted octanol–water partition coefficient (Wildman–Crippen LogP) is 3.39. The van der Waals surface area contributed by atoms with Crippen LogP contribution in [-0.2, 0) is 4.79 Å². The van der Waals surface area contributed by atoms with E-state index in [1.807, 2.05) is 0 Å². The highest BCUT2D eigenvalue weighted by Crippen LogP contribution is 2.24. The molecule has 7 heteroatoms. The number of carbonyl (C=O) groups excluding carboxylic acids is 1. The average molecular weight is 306 g/mol. The Morgan fingerprint density at radius 1 is 1.43 bits per heavy atom. The first kappa shape index (κ1) is 14.9. The molecule has 1 unspecified atom stereocenters. The van der Waals surface area contributed by atoms with E-state index in [1.54, 1.807) is 25.1 Å². The molecule has 1 N–H and O–H groups in total. The van der Waals surface area contributed by atoms with Crippen LogP contribution in [0.15, 0.2) is 42.7 Å². The summed E-state index contributed by atoms with van der Waals surface area (Å²) < 4.78 is 0. The first-order valence-corrected chi connectivity index (χ1v) is 6.51. The fraction of sp³-hybridized carbons (Fsp3) is 0.143. The van der Waals surface area contributed by atoms with Crippen molar-refractivity contribution in [2.24, 2.45) is 0 Å². The smallest absolute Gasteiger partial charge is 0.269 e. The Hall–Kier alpha value is -2.47. The fourth-order valence-corrected chi connectivity index (χ4v) is 1.92. The van der Waals surface area contributed by atoms with Gasteiger partial charge < -0.3 is 5.32 Å². The number of hydrogen-bond donors (Lipinski definition) is 1. The molecule has 0 aliphatic rings. The number of anilines is 1. The first-order chi connectivity index (χ1) is 9.99. The highest BCUT2D eigenvalue weighted by atomic mass is 35.5. The summed E-state index contributed by atoms with van der Waals surface area (Å²) in [6.07, 6.45) is 2.96. The molecule has 0 radical (unpaired) electrons. The van der Waals surface area contributed by atoms with E-state index in [4.69, 9.17) is 11.6 Å². The standard InChI is InChI=1S/C14H12ClN3O3/c1-9(10-3-2-4-11(7-10)18(20)21)14(19)17-13-8-16-6-5-12(13)15/h2-9H,1H3,(H,17,19). The molecule has 0 bridgehead atoms. The molecular weight excluding hydrogens is 294 g/mol. The number of nitro groups is 1. The number of pyridine rings is 1. The van der Waals surface area contributed by atoms with Crippen molar-refractivity contribution in [2.75, 3.05) is 5.32 Å². The minimum absolute atomic E-state index is 0.0495. The summed E-state index contributed by atoms with van der Waals surface area (Å²) >= 11 is 5.94. The van der Waals surface area contributed by atoms with Gasteiger partial charge >= 0.3 is 0 Å². The summed E-state index contributed by atoms with van der Waals surface area (Å²) in [6.45, 7) is 1.67. The van der Waals surface area contributed by atoms with Gasteiger partial charge in [0.15, 0.2) is 0 Å². The van der Waals surface area contributed by atoms with Crippen LogP contribution in [0.2, 0.25) is 5.02 Å². The number of hydrogen-bond acceptors (Lipinski definition) is 4. The third-order valence-corrected chi connectivity index (χ3v) is 3.33. The highest BCUT2D eigenvalue weighted by molar-refractivity contribution is 6.33. The number of nitrogens with zero attached hydrogens (tertiary/aromatic N) is 2. The number of halogens is 1. The second kappa shape index (κ2) is 6.32. The number of non-ortho nitro benzene ring substituents is 1. The van der Waals surface area contributed by atoms with Crippen molar-refractivity contribution in [3.63, 3.8) is 0 Å². The molecule has 0 saturated heterocycles. The van der Waals surface area contributed by atoms with Crippen molar-refractivity contribution in [1.82, 2.24) is 4.98 Å². The van der Waals surface area contributed by atoms with Crippen molar-refractivity contribution in [3.05, 3.63) is 63.4 Å². The maximum absolute atomic E-state index is 12.2. The van der Waals surface area contributed by atoms with Crippen LogP contribution in [-0.4, -0.2) is 15.8 Å². The third-order valence-electron chi connectivity index (χ3n) is 3.00. The monoisotopic (exact) mass is 305 g/mol. The van der Waals surface area contributed by atoms with Crippen LogP contribution in [0.4, 0.5) is 11.4 Å². The van der Waals surface area contributed by atoms with Crippen LogP contribution in [0.25, 0.3) is 0 Å². The third kappa shape index (κ3) is 3.55. The molecule has 1 aromatic carbocycles. The molecule has 1 atom stereocenters. The van der Waals surface area contributed by atoms with E-state index in [0.29, 0.717) is 16.3 Å². The largest absolute Gasteiger partial charge is 0.323 e. The molecule has 0 saturated carbocycles. The minimum atomic E-state index is -0.554. The number of nitrogens with one attached hydrogen (secondary N) is 1. The van der Waals surface area contributed by atoms with Gasteiger partial charge in [-0.3, -0.25) is 19.9 Å². The molecule has 2 aromatic rings. The Balaban J connectivity index is 2.18. The molecule has 0 aliphatic heterocycles. The number of nitro benzene ring substituents is 1. The number of benzene rings is 1. The van der Waals surface area contributed by atoms with E-state index >= 15 is 0 Å². The Bertz CT molecular complexity index is 691. The number of aromatic nitrogens is 1. The molecule has 2 rings (SSSR count). The molecular formula is C14H12ClN3O3. The predicted molar refractivity (Wildman–Crippen MR) is 79.4 cm³/mol. The van der Waals surface area contributed by atoms with Gasteiger partial charge in [0.05, 0.1) is 27.7 Å². The van der Waals surface area contributed by atoms with Crippen molar-refractivity contribution >= 4 is 28.9 Å². The lowest BCUT2D eigenvalue weighted by Crippen LogP contribution is -2.19. The summed E-state index contributed by atoms with van der Waals surface area (Å²) in [7, 11) is 0. The zero-order chi connectivity index (χ0) is 15.4. The Kier molecular flexibility index (Phi) is 4.49.